The van der Waals surface area contributed by atoms with Crippen LogP contribution in [0.2, 0.25) is 0 Å². The number of carbonyl (C=O) groups excluding carboxylic acids is 1. The van der Waals surface area contributed by atoms with Gasteiger partial charge in [0, 0.05) is 18.6 Å². The molecular weight excluding hydrogens is 255 g/mol. The zero-order valence-electron chi connectivity index (χ0n) is 8.10. The molecule has 0 spiro atoms. The summed E-state index contributed by atoms with van der Waals surface area (Å²) in [6, 6.07) is 1.50. The molecule has 0 unspecified atom stereocenters. The molecule has 0 aromatic carbocycles. The number of halogens is 3. The maximum Gasteiger partial charge on any atom is 0.443 e. The average Bonchev–Trinajstić information content (AvgIpc) is 2.78. The van der Waals surface area contributed by atoms with Crippen LogP contribution >= 0.6 is 11.3 Å². The molecular formula is C9H4F3N3OS. The van der Waals surface area contributed by atoms with Crippen molar-refractivity contribution < 1.29 is 18.0 Å². The third-order valence-electron chi connectivity index (χ3n) is 1.74. The van der Waals surface area contributed by atoms with Gasteiger partial charge in [-0.15, -0.1) is 11.3 Å². The molecule has 4 nitrogen and oxygen atoms in total. The van der Waals surface area contributed by atoms with Crippen LogP contribution in [-0.4, -0.2) is 20.7 Å². The van der Waals surface area contributed by atoms with Gasteiger partial charge in [-0.2, -0.15) is 13.2 Å². The molecule has 2 rings (SSSR count). The van der Waals surface area contributed by atoms with Gasteiger partial charge in [0.05, 0.1) is 4.88 Å². The second-order valence-electron chi connectivity index (χ2n) is 2.93. The summed E-state index contributed by atoms with van der Waals surface area (Å²) < 4.78 is 36.8. The minimum absolute atomic E-state index is 0.136. The highest BCUT2D eigenvalue weighted by atomic mass is 32.1. The van der Waals surface area contributed by atoms with Crippen molar-refractivity contribution in [3.63, 3.8) is 0 Å². The van der Waals surface area contributed by atoms with E-state index < -0.39 is 17.0 Å². The molecule has 2 aromatic heterocycles. The summed E-state index contributed by atoms with van der Waals surface area (Å²) in [6.07, 6.45) is -0.981. The van der Waals surface area contributed by atoms with Crippen LogP contribution in [0, 0.1) is 0 Å². The minimum atomic E-state index is -4.54. The Morgan fingerprint density at radius 2 is 1.82 bits per heavy atom. The first-order chi connectivity index (χ1) is 7.98. The Kier molecular flexibility index (Phi) is 2.88. The summed E-state index contributed by atoms with van der Waals surface area (Å²) in [5.41, 5.74) is 0. The minimum Gasteiger partial charge on any atom is -0.284 e. The first kappa shape index (κ1) is 11.6. The summed E-state index contributed by atoms with van der Waals surface area (Å²) in [5.74, 6) is -0.816. The van der Waals surface area contributed by atoms with E-state index in [0.29, 0.717) is 0 Å². The molecule has 0 radical (unpaired) electrons. The molecule has 0 amide bonds. The highest BCUT2D eigenvalue weighted by Crippen LogP contribution is 2.32. The summed E-state index contributed by atoms with van der Waals surface area (Å²) in [5, 5.41) is -1.06. The maximum atomic E-state index is 12.3. The van der Waals surface area contributed by atoms with E-state index in [4.69, 9.17) is 0 Å². The number of thiazole rings is 1. The molecule has 0 aliphatic rings. The summed E-state index contributed by atoms with van der Waals surface area (Å²) in [4.78, 5) is 22.0. The van der Waals surface area contributed by atoms with Gasteiger partial charge in [0.15, 0.2) is 5.01 Å². The van der Waals surface area contributed by atoms with Gasteiger partial charge in [0.1, 0.15) is 0 Å². The van der Waals surface area contributed by atoms with E-state index in [1.165, 1.54) is 18.5 Å². The number of alkyl halides is 3. The molecule has 0 aliphatic carbocycles. The normalized spacial score (nSPS) is 11.5. The van der Waals surface area contributed by atoms with E-state index in [9.17, 15) is 18.0 Å². The third kappa shape index (κ3) is 2.47. The number of hydrogen-bond acceptors (Lipinski definition) is 5. The zero-order chi connectivity index (χ0) is 12.5. The van der Waals surface area contributed by atoms with Crippen molar-refractivity contribution in [3.8, 4) is 0 Å². The zero-order valence-corrected chi connectivity index (χ0v) is 8.92. The van der Waals surface area contributed by atoms with Crippen LogP contribution in [0.4, 0.5) is 13.2 Å². The van der Waals surface area contributed by atoms with E-state index in [-0.39, 0.29) is 22.0 Å². The fourth-order valence-corrected chi connectivity index (χ4v) is 1.76. The largest absolute Gasteiger partial charge is 0.443 e. The molecule has 0 aliphatic heterocycles. The van der Waals surface area contributed by atoms with E-state index in [1.54, 1.807) is 0 Å². The second kappa shape index (κ2) is 4.21. The number of hydrogen-bond donors (Lipinski definition) is 0. The topological polar surface area (TPSA) is 55.7 Å². The molecule has 2 aromatic rings. The van der Waals surface area contributed by atoms with E-state index in [2.05, 4.69) is 15.0 Å². The predicted octanol–water partition coefficient (Wildman–Crippen LogP) is 2.18. The highest BCUT2D eigenvalue weighted by molar-refractivity contribution is 7.13. The van der Waals surface area contributed by atoms with Gasteiger partial charge < -0.3 is 0 Å². The van der Waals surface area contributed by atoms with Crippen molar-refractivity contribution in [1.29, 1.82) is 0 Å². The van der Waals surface area contributed by atoms with Crippen LogP contribution in [0.1, 0.15) is 20.5 Å². The van der Waals surface area contributed by atoms with Gasteiger partial charge in [0.25, 0.3) is 0 Å². The fourth-order valence-electron chi connectivity index (χ4n) is 1.04. The number of nitrogens with zero attached hydrogens (tertiary/aromatic N) is 3. The molecule has 0 atom stereocenters. The first-order valence-corrected chi connectivity index (χ1v) is 5.15. The fraction of sp³-hybridized carbons (Fsp3) is 0.111. The lowest BCUT2D eigenvalue weighted by Gasteiger charge is -1.98. The number of aromatic nitrogens is 3. The monoisotopic (exact) mass is 259 g/mol. The van der Waals surface area contributed by atoms with Crippen molar-refractivity contribution >= 4 is 17.1 Å². The van der Waals surface area contributed by atoms with Gasteiger partial charge >= 0.3 is 6.18 Å². The molecule has 0 saturated heterocycles. The van der Waals surface area contributed by atoms with Crippen LogP contribution < -0.4 is 0 Å². The number of rotatable bonds is 2. The van der Waals surface area contributed by atoms with Gasteiger partial charge in [-0.1, -0.05) is 0 Å². The molecule has 8 heteroatoms. The summed E-state index contributed by atoms with van der Waals surface area (Å²) in [6.45, 7) is 0. The van der Waals surface area contributed by atoms with Crippen LogP contribution in [0.15, 0.2) is 24.7 Å². The number of carbonyl (C=O) groups is 1. The third-order valence-corrected chi connectivity index (χ3v) is 2.78. The lowest BCUT2D eigenvalue weighted by molar-refractivity contribution is -0.137. The van der Waals surface area contributed by atoms with Crippen molar-refractivity contribution in [3.05, 3.63) is 40.4 Å². The molecule has 17 heavy (non-hydrogen) atoms. The van der Waals surface area contributed by atoms with Crippen molar-refractivity contribution in [2.45, 2.75) is 6.18 Å². The smallest absolute Gasteiger partial charge is 0.284 e. The van der Waals surface area contributed by atoms with Gasteiger partial charge in [0.2, 0.25) is 11.6 Å². The summed E-state index contributed by atoms with van der Waals surface area (Å²) in [7, 11) is 0. The van der Waals surface area contributed by atoms with Gasteiger partial charge in [-0.3, -0.25) is 4.79 Å². The SMILES string of the molecule is O=C(c1ncccn1)c1cnc(C(F)(F)F)s1. The Balaban J connectivity index is 2.30. The standard InChI is InChI=1S/C9H4F3N3OS/c10-9(11,12)8-15-4-5(17-8)6(16)7-13-2-1-3-14-7/h1-4H. The Hall–Kier alpha value is -1.83. The molecule has 0 N–H and O–H groups in total. The molecule has 2 heterocycles. The van der Waals surface area contributed by atoms with Crippen molar-refractivity contribution in [1.82, 2.24) is 15.0 Å². The van der Waals surface area contributed by atoms with E-state index in [1.807, 2.05) is 0 Å². The van der Waals surface area contributed by atoms with Crippen LogP contribution in [0.3, 0.4) is 0 Å². The highest BCUT2D eigenvalue weighted by Gasteiger charge is 2.35. The Labute approximate surface area is 97.2 Å². The van der Waals surface area contributed by atoms with Crippen molar-refractivity contribution in [2.75, 3.05) is 0 Å². The molecule has 88 valence electrons. The second-order valence-corrected chi connectivity index (χ2v) is 3.96. The number of ketones is 1. The van der Waals surface area contributed by atoms with Gasteiger partial charge in [-0.25, -0.2) is 15.0 Å². The predicted molar refractivity (Wildman–Crippen MR) is 52.6 cm³/mol. The summed E-state index contributed by atoms with van der Waals surface area (Å²) >= 11 is 0.277. The maximum absolute atomic E-state index is 12.3. The van der Waals surface area contributed by atoms with Crippen LogP contribution in [0.25, 0.3) is 0 Å². The lowest BCUT2D eigenvalue weighted by Crippen LogP contribution is -2.04. The molecule has 0 fully saturated rings. The first-order valence-electron chi connectivity index (χ1n) is 4.33. The Morgan fingerprint density at radius 1 is 1.18 bits per heavy atom. The Bertz CT molecular complexity index is 538. The molecule has 0 bridgehead atoms. The average molecular weight is 259 g/mol. The van der Waals surface area contributed by atoms with Gasteiger partial charge in [-0.05, 0) is 6.07 Å². The Morgan fingerprint density at radius 3 is 2.35 bits per heavy atom. The quantitative estimate of drug-likeness (QED) is 0.776. The van der Waals surface area contributed by atoms with Crippen molar-refractivity contribution in [2.24, 2.45) is 0 Å². The lowest BCUT2D eigenvalue weighted by atomic mass is 10.3. The van der Waals surface area contributed by atoms with E-state index >= 15 is 0 Å². The van der Waals surface area contributed by atoms with Crippen LogP contribution in [0.5, 0.6) is 0 Å². The van der Waals surface area contributed by atoms with Crippen LogP contribution in [-0.2, 0) is 6.18 Å². The van der Waals surface area contributed by atoms with E-state index in [0.717, 1.165) is 6.20 Å². The molecule has 0 saturated carbocycles.